The zero-order valence-corrected chi connectivity index (χ0v) is 17.1. The molecule has 0 saturated carbocycles. The van der Waals surface area contributed by atoms with Crippen molar-refractivity contribution >= 4 is 22.8 Å². The number of fused-ring (bicyclic) bond motifs is 1. The van der Waals surface area contributed by atoms with E-state index in [1.54, 1.807) is 0 Å². The van der Waals surface area contributed by atoms with Crippen LogP contribution in [0.5, 0.6) is 0 Å². The average molecular weight is 406 g/mol. The summed E-state index contributed by atoms with van der Waals surface area (Å²) in [5.41, 5.74) is 1.76. The summed E-state index contributed by atoms with van der Waals surface area (Å²) >= 11 is 0. The summed E-state index contributed by atoms with van der Waals surface area (Å²) in [4.78, 5) is 28.4. The molecule has 1 amide bonds. The van der Waals surface area contributed by atoms with Gasteiger partial charge in [-0.2, -0.15) is 0 Å². The molecule has 0 aliphatic carbocycles. The highest BCUT2D eigenvalue weighted by Crippen LogP contribution is 2.30. The summed E-state index contributed by atoms with van der Waals surface area (Å²) in [6.07, 6.45) is 3.65. The first-order valence-corrected chi connectivity index (χ1v) is 10.8. The quantitative estimate of drug-likeness (QED) is 0.665. The Morgan fingerprint density at radius 3 is 2.47 bits per heavy atom. The maximum atomic E-state index is 12.8. The lowest BCUT2D eigenvalue weighted by atomic mass is 9.96. The fraction of sp³-hybridized carbons (Fsp3) is 0.435. The molecule has 2 fully saturated rings. The van der Waals surface area contributed by atoms with Crippen molar-refractivity contribution in [3.8, 4) is 0 Å². The standard InChI is InChI=1S/C23H27N5O2/c29-22(17-26-13-15-27(16-14-26)21-7-3-4-10-24-21)28-11-8-18(9-12-28)23-25-19-5-1-2-6-20(19)30-23/h1-7,10,18H,8-9,11-17H2. The van der Waals surface area contributed by atoms with Gasteiger partial charge in [-0.25, -0.2) is 9.97 Å². The highest BCUT2D eigenvalue weighted by atomic mass is 16.3. The molecule has 30 heavy (non-hydrogen) atoms. The van der Waals surface area contributed by atoms with E-state index in [9.17, 15) is 4.79 Å². The third-order valence-corrected chi connectivity index (χ3v) is 6.21. The van der Waals surface area contributed by atoms with Crippen LogP contribution in [-0.4, -0.2) is 71.5 Å². The molecular formula is C23H27N5O2. The fourth-order valence-corrected chi connectivity index (χ4v) is 4.41. The van der Waals surface area contributed by atoms with Crippen LogP contribution in [0.4, 0.5) is 5.82 Å². The number of likely N-dealkylation sites (tertiary alicyclic amines) is 1. The van der Waals surface area contributed by atoms with Crippen LogP contribution in [0.2, 0.25) is 0 Å². The van der Waals surface area contributed by atoms with E-state index in [1.807, 2.05) is 53.6 Å². The van der Waals surface area contributed by atoms with Gasteiger partial charge in [0.25, 0.3) is 0 Å². The molecule has 0 radical (unpaired) electrons. The number of piperazine rings is 1. The molecule has 3 aromatic rings. The molecule has 0 spiro atoms. The zero-order chi connectivity index (χ0) is 20.3. The van der Waals surface area contributed by atoms with Crippen LogP contribution in [0.1, 0.15) is 24.7 Å². The number of carbonyl (C=O) groups excluding carboxylic acids is 1. The maximum absolute atomic E-state index is 12.8. The predicted molar refractivity (Wildman–Crippen MR) is 115 cm³/mol. The molecular weight excluding hydrogens is 378 g/mol. The number of para-hydroxylation sites is 2. The molecule has 0 atom stereocenters. The first-order chi connectivity index (χ1) is 14.8. The van der Waals surface area contributed by atoms with E-state index in [2.05, 4.69) is 19.8 Å². The van der Waals surface area contributed by atoms with Crippen LogP contribution < -0.4 is 4.90 Å². The summed E-state index contributed by atoms with van der Waals surface area (Å²) in [7, 11) is 0. The molecule has 2 aliphatic heterocycles. The second-order valence-electron chi connectivity index (χ2n) is 8.13. The van der Waals surface area contributed by atoms with E-state index >= 15 is 0 Å². The lowest BCUT2D eigenvalue weighted by Crippen LogP contribution is -2.51. The summed E-state index contributed by atoms with van der Waals surface area (Å²) in [5.74, 6) is 2.36. The molecule has 0 N–H and O–H groups in total. The first-order valence-electron chi connectivity index (χ1n) is 10.8. The minimum absolute atomic E-state index is 0.234. The van der Waals surface area contributed by atoms with Gasteiger partial charge in [-0.3, -0.25) is 9.69 Å². The number of oxazole rings is 1. The summed E-state index contributed by atoms with van der Waals surface area (Å²) < 4.78 is 5.94. The van der Waals surface area contributed by atoms with Gasteiger partial charge < -0.3 is 14.2 Å². The number of hydrogen-bond donors (Lipinski definition) is 0. The van der Waals surface area contributed by atoms with Crippen LogP contribution in [0.3, 0.4) is 0 Å². The van der Waals surface area contributed by atoms with E-state index in [0.29, 0.717) is 12.5 Å². The summed E-state index contributed by atoms with van der Waals surface area (Å²) in [6, 6.07) is 13.9. The number of piperidine rings is 1. The molecule has 2 aromatic heterocycles. The van der Waals surface area contributed by atoms with E-state index < -0.39 is 0 Å². The average Bonchev–Trinajstić information content (AvgIpc) is 3.25. The van der Waals surface area contributed by atoms with Crippen molar-refractivity contribution in [2.24, 2.45) is 0 Å². The molecule has 0 unspecified atom stereocenters. The SMILES string of the molecule is O=C(CN1CCN(c2ccccn2)CC1)N1CCC(c2nc3ccccc3o2)CC1. The molecule has 4 heterocycles. The van der Waals surface area contributed by atoms with Gasteiger partial charge in [-0.1, -0.05) is 18.2 Å². The van der Waals surface area contributed by atoms with Crippen molar-refractivity contribution in [1.29, 1.82) is 0 Å². The van der Waals surface area contributed by atoms with E-state index in [1.165, 1.54) is 0 Å². The van der Waals surface area contributed by atoms with E-state index in [4.69, 9.17) is 4.42 Å². The number of pyridine rings is 1. The smallest absolute Gasteiger partial charge is 0.236 e. The van der Waals surface area contributed by atoms with Crippen LogP contribution in [-0.2, 0) is 4.79 Å². The number of benzene rings is 1. The van der Waals surface area contributed by atoms with Crippen molar-refractivity contribution < 1.29 is 9.21 Å². The Kier molecular flexibility index (Phi) is 5.36. The second-order valence-corrected chi connectivity index (χ2v) is 8.13. The number of anilines is 1. The molecule has 7 heteroatoms. The lowest BCUT2D eigenvalue weighted by Gasteiger charge is -2.37. The van der Waals surface area contributed by atoms with Gasteiger partial charge in [0.15, 0.2) is 11.5 Å². The minimum atomic E-state index is 0.234. The predicted octanol–water partition coefficient (Wildman–Crippen LogP) is 2.75. The maximum Gasteiger partial charge on any atom is 0.236 e. The monoisotopic (exact) mass is 405 g/mol. The number of aromatic nitrogens is 2. The van der Waals surface area contributed by atoms with Gasteiger partial charge in [-0.05, 0) is 37.1 Å². The molecule has 156 valence electrons. The summed E-state index contributed by atoms with van der Waals surface area (Å²) in [6.45, 7) is 5.65. The van der Waals surface area contributed by atoms with Gasteiger partial charge in [0, 0.05) is 51.4 Å². The second kappa shape index (κ2) is 8.44. The number of rotatable bonds is 4. The topological polar surface area (TPSA) is 65.7 Å². The normalized spacial score (nSPS) is 18.8. The van der Waals surface area contributed by atoms with Gasteiger partial charge >= 0.3 is 0 Å². The van der Waals surface area contributed by atoms with Crippen molar-refractivity contribution in [2.75, 3.05) is 50.7 Å². The van der Waals surface area contributed by atoms with E-state index in [0.717, 1.165) is 74.9 Å². The van der Waals surface area contributed by atoms with Gasteiger partial charge in [0.2, 0.25) is 5.91 Å². The number of amides is 1. The molecule has 7 nitrogen and oxygen atoms in total. The Morgan fingerprint density at radius 1 is 0.967 bits per heavy atom. The molecule has 2 aliphatic rings. The van der Waals surface area contributed by atoms with Crippen LogP contribution in [0.15, 0.2) is 53.1 Å². The largest absolute Gasteiger partial charge is 0.440 e. The number of nitrogens with zero attached hydrogens (tertiary/aromatic N) is 5. The lowest BCUT2D eigenvalue weighted by molar-refractivity contribution is -0.133. The van der Waals surface area contributed by atoms with Crippen LogP contribution in [0.25, 0.3) is 11.1 Å². The van der Waals surface area contributed by atoms with E-state index in [-0.39, 0.29) is 5.91 Å². The van der Waals surface area contributed by atoms with Crippen molar-refractivity contribution in [2.45, 2.75) is 18.8 Å². The Morgan fingerprint density at radius 2 is 1.73 bits per heavy atom. The van der Waals surface area contributed by atoms with Crippen molar-refractivity contribution in [3.63, 3.8) is 0 Å². The number of carbonyl (C=O) groups is 1. The highest BCUT2D eigenvalue weighted by Gasteiger charge is 2.28. The van der Waals surface area contributed by atoms with Crippen LogP contribution >= 0.6 is 0 Å². The minimum Gasteiger partial charge on any atom is -0.440 e. The van der Waals surface area contributed by atoms with Crippen molar-refractivity contribution in [1.82, 2.24) is 19.8 Å². The highest BCUT2D eigenvalue weighted by molar-refractivity contribution is 5.78. The third kappa shape index (κ3) is 4.03. The Hall–Kier alpha value is -2.93. The van der Waals surface area contributed by atoms with Gasteiger partial charge in [-0.15, -0.1) is 0 Å². The van der Waals surface area contributed by atoms with Gasteiger partial charge in [0.1, 0.15) is 11.3 Å². The Balaban J connectivity index is 1.10. The van der Waals surface area contributed by atoms with Crippen LogP contribution in [0, 0.1) is 0 Å². The Bertz CT molecular complexity index is 956. The van der Waals surface area contributed by atoms with Crippen molar-refractivity contribution in [3.05, 3.63) is 54.6 Å². The first kappa shape index (κ1) is 19.1. The van der Waals surface area contributed by atoms with Gasteiger partial charge in [0.05, 0.1) is 6.54 Å². The molecule has 2 saturated heterocycles. The fourth-order valence-electron chi connectivity index (χ4n) is 4.41. The summed E-state index contributed by atoms with van der Waals surface area (Å²) in [5, 5.41) is 0. The molecule has 5 rings (SSSR count). The molecule has 0 bridgehead atoms. The number of hydrogen-bond acceptors (Lipinski definition) is 6. The Labute approximate surface area is 176 Å². The molecule has 1 aromatic carbocycles. The third-order valence-electron chi connectivity index (χ3n) is 6.21. The zero-order valence-electron chi connectivity index (χ0n) is 17.1.